The lowest BCUT2D eigenvalue weighted by Crippen LogP contribution is -2.61. The van der Waals surface area contributed by atoms with Crippen LogP contribution in [0.25, 0.3) is 0 Å². The Kier molecular flexibility index (Phi) is 54.8. The van der Waals surface area contributed by atoms with Gasteiger partial charge in [0.05, 0.1) is 6.17 Å². The molecule has 1 heterocycles. The van der Waals surface area contributed by atoms with E-state index in [1.54, 1.807) is 0 Å². The van der Waals surface area contributed by atoms with Gasteiger partial charge in [-0.25, -0.2) is 0 Å². The summed E-state index contributed by atoms with van der Waals surface area (Å²) in [6.45, 7) is 24.8. The molecule has 0 saturated carbocycles. The van der Waals surface area contributed by atoms with Crippen molar-refractivity contribution in [1.29, 1.82) is 0 Å². The first kappa shape index (κ1) is 67.9. The van der Waals surface area contributed by atoms with Gasteiger partial charge in [-0.05, 0) is 64.8 Å². The highest BCUT2D eigenvalue weighted by atomic mass is 15.4. The molecule has 1 unspecified atom stereocenters. The summed E-state index contributed by atoms with van der Waals surface area (Å²) >= 11 is 0. The van der Waals surface area contributed by atoms with Crippen LogP contribution < -0.4 is 0 Å². The predicted molar refractivity (Wildman–Crippen MR) is 319 cm³/mol. The molecule has 0 spiro atoms. The van der Waals surface area contributed by atoms with Crippen LogP contribution in [0.3, 0.4) is 0 Å². The van der Waals surface area contributed by atoms with E-state index in [1.165, 1.54) is 386 Å². The van der Waals surface area contributed by atoms with Crippen LogP contribution in [0.2, 0.25) is 0 Å². The molecule has 420 valence electrons. The van der Waals surface area contributed by atoms with Crippen molar-refractivity contribution >= 4 is 0 Å². The molecule has 1 rings (SSSR count). The van der Waals surface area contributed by atoms with E-state index < -0.39 is 0 Å². The molecular weight excluding hydrogens is 849 g/mol. The average Bonchev–Trinajstić information content (AvgIpc) is 3.37. The molecule has 1 saturated heterocycles. The van der Waals surface area contributed by atoms with Crippen molar-refractivity contribution < 1.29 is 0 Å². The number of piperazine rings is 1. The molecule has 0 aromatic heterocycles. The largest absolute Gasteiger partial charge is 0.302 e. The van der Waals surface area contributed by atoms with Crippen LogP contribution in [0.5, 0.6) is 0 Å². The summed E-state index contributed by atoms with van der Waals surface area (Å²) in [5.41, 5.74) is 0. The molecule has 0 aromatic carbocycles. The predicted octanol–water partition coefficient (Wildman–Crippen LogP) is 21.1. The molecule has 4 heteroatoms. The number of hydrogen-bond acceptors (Lipinski definition) is 4. The van der Waals surface area contributed by atoms with Crippen LogP contribution >= 0.6 is 0 Å². The Morgan fingerprint density at radius 3 is 0.814 bits per heavy atom. The van der Waals surface area contributed by atoms with Gasteiger partial charge < -0.3 is 4.90 Å². The summed E-state index contributed by atoms with van der Waals surface area (Å²) in [4.78, 5) is 12.0. The molecule has 4 nitrogen and oxygen atoms in total. The van der Waals surface area contributed by atoms with Gasteiger partial charge in [0.15, 0.2) is 0 Å². The third kappa shape index (κ3) is 45.3. The van der Waals surface area contributed by atoms with E-state index in [-0.39, 0.29) is 0 Å². The molecule has 1 aliphatic heterocycles. The van der Waals surface area contributed by atoms with Crippen molar-refractivity contribution in [1.82, 2.24) is 19.6 Å². The van der Waals surface area contributed by atoms with Gasteiger partial charge in [-0.15, -0.1) is 0 Å². The lowest BCUT2D eigenvalue weighted by atomic mass is 10.1. The maximum Gasteiger partial charge on any atom is 0.0754 e. The zero-order valence-corrected chi connectivity index (χ0v) is 49.8. The molecule has 0 radical (unpaired) electrons. The number of rotatable bonds is 59. The van der Waals surface area contributed by atoms with Gasteiger partial charge in [0.25, 0.3) is 0 Å². The van der Waals surface area contributed by atoms with Gasteiger partial charge >= 0.3 is 0 Å². The Morgan fingerprint density at radius 2 is 0.514 bits per heavy atom. The monoisotopic (exact) mass is 985 g/mol. The maximum absolute atomic E-state index is 3.06. The van der Waals surface area contributed by atoms with Crippen LogP contribution in [0.1, 0.15) is 356 Å². The van der Waals surface area contributed by atoms with Crippen LogP contribution in [0, 0.1) is 0 Å². The van der Waals surface area contributed by atoms with Crippen molar-refractivity contribution in [2.75, 3.05) is 65.4 Å². The summed E-state index contributed by atoms with van der Waals surface area (Å²) < 4.78 is 0. The fourth-order valence-electron chi connectivity index (χ4n) is 11.8. The van der Waals surface area contributed by atoms with Gasteiger partial charge in [-0.3, -0.25) is 14.7 Å². The lowest BCUT2D eigenvalue weighted by Gasteiger charge is -2.47. The molecule has 1 aliphatic rings. The van der Waals surface area contributed by atoms with E-state index in [0.29, 0.717) is 6.17 Å². The molecule has 1 atom stereocenters. The highest BCUT2D eigenvalue weighted by molar-refractivity contribution is 4.84. The number of hydrogen-bond donors (Lipinski definition) is 0. The van der Waals surface area contributed by atoms with E-state index in [1.807, 2.05) is 0 Å². The second kappa shape index (κ2) is 56.6. The molecule has 0 N–H and O–H groups in total. The Labute approximate surface area is 444 Å². The van der Waals surface area contributed by atoms with Gasteiger partial charge in [0, 0.05) is 32.7 Å². The minimum atomic E-state index is 0.602. The Balaban J connectivity index is 2.99. The third-order valence-electron chi connectivity index (χ3n) is 16.8. The van der Waals surface area contributed by atoms with Crippen molar-refractivity contribution in [3.63, 3.8) is 0 Å². The van der Waals surface area contributed by atoms with Crippen molar-refractivity contribution in [3.05, 3.63) is 0 Å². The van der Waals surface area contributed by atoms with E-state index in [4.69, 9.17) is 0 Å². The highest BCUT2D eigenvalue weighted by Crippen LogP contribution is 2.21. The molecule has 0 aliphatic carbocycles. The summed E-state index contributed by atoms with van der Waals surface area (Å²) in [7, 11) is 0. The van der Waals surface area contributed by atoms with Crippen molar-refractivity contribution in [2.24, 2.45) is 0 Å². The topological polar surface area (TPSA) is 13.0 Å². The highest BCUT2D eigenvalue weighted by Gasteiger charge is 2.31. The minimum absolute atomic E-state index is 0.602. The summed E-state index contributed by atoms with van der Waals surface area (Å²) in [5.74, 6) is 0. The average molecular weight is 986 g/mol. The first-order valence-corrected chi connectivity index (χ1v) is 33.6. The summed E-state index contributed by atoms with van der Waals surface area (Å²) in [6.07, 6.45) is 72.6. The second-order valence-corrected chi connectivity index (χ2v) is 23.6. The first-order chi connectivity index (χ1) is 34.7. The number of unbranched alkanes of at least 4 members (excludes halogenated alkanes) is 45. The van der Waals surface area contributed by atoms with Crippen LogP contribution in [-0.4, -0.2) is 91.2 Å². The first-order valence-electron chi connectivity index (χ1n) is 33.6. The normalized spacial score (nSPS) is 14.9. The molecule has 1 fully saturated rings. The van der Waals surface area contributed by atoms with E-state index in [0.717, 1.165) is 0 Å². The van der Waals surface area contributed by atoms with Gasteiger partial charge in [-0.2, -0.15) is 0 Å². The molecule has 0 bridgehead atoms. The molecule has 0 amide bonds. The summed E-state index contributed by atoms with van der Waals surface area (Å²) in [6, 6.07) is 0. The second-order valence-electron chi connectivity index (χ2n) is 23.6. The fourth-order valence-corrected chi connectivity index (χ4v) is 11.8. The molecule has 70 heavy (non-hydrogen) atoms. The van der Waals surface area contributed by atoms with Crippen LogP contribution in [-0.2, 0) is 0 Å². The van der Waals surface area contributed by atoms with Crippen molar-refractivity contribution in [2.45, 2.75) is 362 Å². The van der Waals surface area contributed by atoms with Gasteiger partial charge in [-0.1, -0.05) is 324 Å². The van der Waals surface area contributed by atoms with Crippen molar-refractivity contribution in [3.8, 4) is 0 Å². The SMILES string of the molecule is CCCCCCCCCCCCN(CCCCCCCCCCCC)CCN1CCN(CCCCCCCCCCCC)CC1N(CCCCCCCCCCCC)CCCCCCCCCCCC. The van der Waals surface area contributed by atoms with Crippen LogP contribution in [0.4, 0.5) is 0 Å². The van der Waals surface area contributed by atoms with Gasteiger partial charge in [0.2, 0.25) is 0 Å². The zero-order chi connectivity index (χ0) is 50.3. The molecular formula is C66H136N4. The third-order valence-corrected chi connectivity index (χ3v) is 16.8. The maximum atomic E-state index is 3.06. The number of nitrogens with zero attached hydrogens (tertiary/aromatic N) is 4. The standard InChI is InChI=1S/C66H136N4/c1-6-11-16-21-26-31-36-41-46-51-56-67(57-52-47-42-37-32-27-22-17-12-7-2)61-63-70-64-62-68(58-53-48-43-38-33-28-23-18-13-8-3)65-66(70)69(59-54-49-44-39-34-29-24-19-14-9-4)60-55-50-45-40-35-30-25-20-15-10-5/h66H,6-65H2,1-5H3. The van der Waals surface area contributed by atoms with E-state index in [2.05, 4.69) is 54.2 Å². The minimum Gasteiger partial charge on any atom is -0.302 e. The Hall–Kier alpha value is -0.160. The Morgan fingerprint density at radius 1 is 0.257 bits per heavy atom. The fraction of sp³-hybridized carbons (Fsp3) is 1.00. The smallest absolute Gasteiger partial charge is 0.0754 e. The zero-order valence-electron chi connectivity index (χ0n) is 49.8. The Bertz CT molecular complexity index is 908. The lowest BCUT2D eigenvalue weighted by molar-refractivity contribution is -0.0281. The molecule has 0 aromatic rings. The van der Waals surface area contributed by atoms with Gasteiger partial charge in [0.1, 0.15) is 0 Å². The quantitative estimate of drug-likeness (QED) is 0.0563. The van der Waals surface area contributed by atoms with E-state index in [9.17, 15) is 0 Å². The summed E-state index contributed by atoms with van der Waals surface area (Å²) in [5, 5.41) is 0. The van der Waals surface area contributed by atoms with E-state index >= 15 is 0 Å². The van der Waals surface area contributed by atoms with Crippen LogP contribution in [0.15, 0.2) is 0 Å².